The quantitative estimate of drug-likeness (QED) is 0.558. The van der Waals surface area contributed by atoms with E-state index in [-0.39, 0.29) is 42.5 Å². The number of carbonyl (C=O) groups is 2. The molecule has 2 amide bonds. The molecule has 0 unspecified atom stereocenters. The summed E-state index contributed by atoms with van der Waals surface area (Å²) in [5, 5.41) is 0.989. The maximum absolute atomic E-state index is 12.4. The Labute approximate surface area is 137 Å². The molecule has 0 spiro atoms. The highest BCUT2D eigenvalue weighted by atomic mass is 16.7. The van der Waals surface area contributed by atoms with E-state index in [2.05, 4.69) is 19.9 Å². The van der Waals surface area contributed by atoms with Crippen LogP contribution in [0.4, 0.5) is 0 Å². The molecule has 0 aromatic heterocycles. The summed E-state index contributed by atoms with van der Waals surface area (Å²) in [6.07, 6.45) is 7.68. The first-order chi connectivity index (χ1) is 11.0. The average molecular weight is 319 g/mol. The molecule has 23 heavy (non-hydrogen) atoms. The molecule has 0 radical (unpaired) electrons. The number of allylic oxidation sites excluding steroid dienone is 3. The summed E-state index contributed by atoms with van der Waals surface area (Å²) >= 11 is 0. The lowest BCUT2D eigenvalue weighted by atomic mass is 9.81. The van der Waals surface area contributed by atoms with Crippen molar-refractivity contribution in [2.45, 2.75) is 58.7 Å². The standard InChI is InChI=1S/C18H25NO4/c1-11(2)5-4-6-12(3)9-10-22-19-17(20)15-13-7-8-14(23-13)16(15)18(19)21/h5,9,13-16H,4,6-8,10H2,1-3H3/b12-9+/t13-,14+,15-,16+. The lowest BCUT2D eigenvalue weighted by molar-refractivity contribution is -0.188. The Bertz CT molecular complexity index is 533. The molecule has 0 aromatic carbocycles. The zero-order valence-electron chi connectivity index (χ0n) is 14.1. The normalized spacial score (nSPS) is 32.7. The van der Waals surface area contributed by atoms with Crippen LogP contribution in [0.3, 0.4) is 0 Å². The minimum atomic E-state index is -0.316. The number of hydrogen-bond acceptors (Lipinski definition) is 4. The van der Waals surface area contributed by atoms with Gasteiger partial charge in [0.1, 0.15) is 0 Å². The van der Waals surface area contributed by atoms with Crippen molar-refractivity contribution in [2.24, 2.45) is 11.8 Å². The zero-order chi connectivity index (χ0) is 16.6. The van der Waals surface area contributed by atoms with E-state index in [0.717, 1.165) is 30.7 Å². The van der Waals surface area contributed by atoms with Gasteiger partial charge in [-0.15, -0.1) is 0 Å². The van der Waals surface area contributed by atoms with Gasteiger partial charge in [0.15, 0.2) is 0 Å². The van der Waals surface area contributed by atoms with E-state index in [1.165, 1.54) is 11.1 Å². The second-order valence-electron chi connectivity index (χ2n) is 6.98. The monoisotopic (exact) mass is 319 g/mol. The zero-order valence-corrected chi connectivity index (χ0v) is 14.1. The molecular formula is C18H25NO4. The first-order valence-corrected chi connectivity index (χ1v) is 8.44. The Morgan fingerprint density at radius 1 is 1.13 bits per heavy atom. The number of fused-ring (bicyclic) bond motifs is 5. The van der Waals surface area contributed by atoms with Gasteiger partial charge in [-0.2, -0.15) is 5.06 Å². The predicted octanol–water partition coefficient (Wildman–Crippen LogP) is 2.77. The van der Waals surface area contributed by atoms with E-state index >= 15 is 0 Å². The fourth-order valence-corrected chi connectivity index (χ4v) is 3.76. The molecule has 3 rings (SSSR count). The van der Waals surface area contributed by atoms with Crippen LogP contribution in [-0.2, 0) is 19.2 Å². The van der Waals surface area contributed by atoms with E-state index in [4.69, 9.17) is 9.57 Å². The van der Waals surface area contributed by atoms with Crippen LogP contribution in [-0.4, -0.2) is 35.7 Å². The van der Waals surface area contributed by atoms with Gasteiger partial charge in [-0.05, 0) is 46.5 Å². The molecule has 0 aliphatic carbocycles. The van der Waals surface area contributed by atoms with E-state index in [1.54, 1.807) is 0 Å². The lowest BCUT2D eigenvalue weighted by Gasteiger charge is -2.15. The first-order valence-electron chi connectivity index (χ1n) is 8.44. The summed E-state index contributed by atoms with van der Waals surface area (Å²) in [5.41, 5.74) is 2.51. The molecule has 3 aliphatic heterocycles. The number of hydrogen-bond donors (Lipinski definition) is 0. The second-order valence-corrected chi connectivity index (χ2v) is 6.98. The highest BCUT2D eigenvalue weighted by Crippen LogP contribution is 2.48. The second kappa shape index (κ2) is 6.57. The van der Waals surface area contributed by atoms with E-state index < -0.39 is 0 Å². The molecule has 5 nitrogen and oxygen atoms in total. The van der Waals surface area contributed by atoms with Crippen LogP contribution in [0.5, 0.6) is 0 Å². The third kappa shape index (κ3) is 3.12. The summed E-state index contributed by atoms with van der Waals surface area (Å²) in [4.78, 5) is 30.2. The summed E-state index contributed by atoms with van der Waals surface area (Å²) in [5.74, 6) is -1.07. The van der Waals surface area contributed by atoms with Crippen LogP contribution in [0, 0.1) is 11.8 Å². The van der Waals surface area contributed by atoms with Crippen molar-refractivity contribution < 1.29 is 19.2 Å². The minimum Gasteiger partial charge on any atom is -0.373 e. The number of carbonyl (C=O) groups excluding carboxylic acids is 2. The summed E-state index contributed by atoms with van der Waals surface area (Å²) in [6.45, 7) is 6.47. The van der Waals surface area contributed by atoms with E-state index in [1.807, 2.05) is 13.0 Å². The van der Waals surface area contributed by atoms with Gasteiger partial charge in [0.05, 0.1) is 30.7 Å². The van der Waals surface area contributed by atoms with Gasteiger partial charge < -0.3 is 4.74 Å². The summed E-state index contributed by atoms with van der Waals surface area (Å²) in [6, 6.07) is 0. The van der Waals surface area contributed by atoms with Crippen LogP contribution >= 0.6 is 0 Å². The topological polar surface area (TPSA) is 55.8 Å². The van der Waals surface area contributed by atoms with Gasteiger partial charge >= 0.3 is 0 Å². The molecule has 5 heteroatoms. The number of imide groups is 1. The van der Waals surface area contributed by atoms with Crippen molar-refractivity contribution in [2.75, 3.05) is 6.61 Å². The van der Waals surface area contributed by atoms with Gasteiger partial charge in [-0.25, -0.2) is 0 Å². The number of hydroxylamine groups is 2. The molecule has 0 aromatic rings. The molecule has 2 bridgehead atoms. The number of rotatable bonds is 6. The molecule has 0 saturated carbocycles. The van der Waals surface area contributed by atoms with E-state index in [9.17, 15) is 9.59 Å². The Hall–Kier alpha value is -1.46. The average Bonchev–Trinajstić information content (AvgIpc) is 3.16. The van der Waals surface area contributed by atoms with Crippen LogP contribution < -0.4 is 0 Å². The fraction of sp³-hybridized carbons (Fsp3) is 0.667. The van der Waals surface area contributed by atoms with Crippen molar-refractivity contribution in [3.8, 4) is 0 Å². The predicted molar refractivity (Wildman–Crippen MR) is 85.1 cm³/mol. The lowest BCUT2D eigenvalue weighted by Crippen LogP contribution is -2.34. The van der Waals surface area contributed by atoms with Gasteiger partial charge in [-0.1, -0.05) is 23.3 Å². The van der Waals surface area contributed by atoms with Crippen LogP contribution in [0.15, 0.2) is 23.3 Å². The molecule has 4 atom stereocenters. The van der Waals surface area contributed by atoms with Crippen LogP contribution in [0.2, 0.25) is 0 Å². The number of amides is 2. The minimum absolute atomic E-state index is 0.0867. The molecular weight excluding hydrogens is 294 g/mol. The Kier molecular flexibility index (Phi) is 4.69. The Balaban J connectivity index is 1.52. The molecule has 3 heterocycles. The van der Waals surface area contributed by atoms with Crippen LogP contribution in [0.25, 0.3) is 0 Å². The Morgan fingerprint density at radius 2 is 1.74 bits per heavy atom. The highest BCUT2D eigenvalue weighted by Gasteiger charge is 2.63. The maximum Gasteiger partial charge on any atom is 0.260 e. The largest absolute Gasteiger partial charge is 0.373 e. The van der Waals surface area contributed by atoms with Gasteiger partial charge in [-0.3, -0.25) is 14.4 Å². The van der Waals surface area contributed by atoms with Crippen molar-refractivity contribution in [3.05, 3.63) is 23.3 Å². The molecule has 126 valence electrons. The molecule has 3 saturated heterocycles. The van der Waals surface area contributed by atoms with Crippen molar-refractivity contribution in [1.82, 2.24) is 5.06 Å². The van der Waals surface area contributed by atoms with E-state index in [0.29, 0.717) is 0 Å². The van der Waals surface area contributed by atoms with Crippen LogP contribution in [0.1, 0.15) is 46.5 Å². The maximum atomic E-state index is 12.4. The van der Waals surface area contributed by atoms with Gasteiger partial charge in [0.25, 0.3) is 11.8 Å². The third-order valence-corrected chi connectivity index (χ3v) is 4.97. The highest BCUT2D eigenvalue weighted by molar-refractivity contribution is 6.05. The van der Waals surface area contributed by atoms with Gasteiger partial charge in [0, 0.05) is 0 Å². The Morgan fingerprint density at radius 3 is 2.30 bits per heavy atom. The number of ether oxygens (including phenoxy) is 1. The van der Waals surface area contributed by atoms with Gasteiger partial charge in [0.2, 0.25) is 0 Å². The molecule has 3 fully saturated rings. The van der Waals surface area contributed by atoms with Crippen molar-refractivity contribution in [1.29, 1.82) is 0 Å². The SMILES string of the molecule is CC(C)=CCC/C(C)=C/CON1C(=O)[C@@H]2[C@H](C1=O)[C@H]1CC[C@@H]2O1. The van der Waals surface area contributed by atoms with Crippen molar-refractivity contribution in [3.63, 3.8) is 0 Å². The third-order valence-electron chi connectivity index (χ3n) is 4.97. The van der Waals surface area contributed by atoms with Crippen molar-refractivity contribution >= 4 is 11.8 Å². The first kappa shape index (κ1) is 16.4. The molecule has 3 aliphatic rings. The molecule has 0 N–H and O–H groups in total. The summed E-state index contributed by atoms with van der Waals surface area (Å²) in [7, 11) is 0. The number of nitrogens with zero attached hydrogens (tertiary/aromatic N) is 1. The smallest absolute Gasteiger partial charge is 0.260 e. The fourth-order valence-electron chi connectivity index (χ4n) is 3.76. The summed E-state index contributed by atoms with van der Waals surface area (Å²) < 4.78 is 5.69.